The van der Waals surface area contributed by atoms with Crippen LogP contribution in [0.3, 0.4) is 0 Å². The summed E-state index contributed by atoms with van der Waals surface area (Å²) in [6.07, 6.45) is 1.79. The monoisotopic (exact) mass is 263 g/mol. The molecule has 1 aromatic carbocycles. The molecular weight excluding hydrogens is 250 g/mol. The molecule has 0 unspecified atom stereocenters. The summed E-state index contributed by atoms with van der Waals surface area (Å²) in [5.74, 6) is 0.792. The zero-order chi connectivity index (χ0) is 13.7. The molecule has 0 N–H and O–H groups in total. The maximum atomic E-state index is 5.88. The highest BCUT2D eigenvalue weighted by molar-refractivity contribution is 5.85. The fourth-order valence-electron chi connectivity index (χ4n) is 2.63. The van der Waals surface area contributed by atoms with E-state index >= 15 is 0 Å². The van der Waals surface area contributed by atoms with Gasteiger partial charge in [-0.05, 0) is 30.7 Å². The molecule has 20 heavy (non-hydrogen) atoms. The van der Waals surface area contributed by atoms with Gasteiger partial charge in [0.1, 0.15) is 16.8 Å². The Labute approximate surface area is 115 Å². The normalized spacial score (nSPS) is 11.5. The second kappa shape index (κ2) is 3.93. The lowest BCUT2D eigenvalue weighted by molar-refractivity contribution is 0.629. The first-order valence-corrected chi connectivity index (χ1v) is 6.51. The summed E-state index contributed by atoms with van der Waals surface area (Å²) >= 11 is 0. The van der Waals surface area contributed by atoms with Crippen LogP contribution in [0, 0.1) is 6.92 Å². The zero-order valence-corrected chi connectivity index (χ0v) is 11.3. The zero-order valence-electron chi connectivity index (χ0n) is 11.3. The number of rotatable bonds is 1. The van der Waals surface area contributed by atoms with Crippen LogP contribution < -0.4 is 0 Å². The molecule has 0 spiro atoms. The Hall–Kier alpha value is -2.62. The molecule has 4 rings (SSSR count). The van der Waals surface area contributed by atoms with Gasteiger partial charge in [0.05, 0.1) is 11.7 Å². The van der Waals surface area contributed by atoms with Gasteiger partial charge in [-0.15, -0.1) is 0 Å². The van der Waals surface area contributed by atoms with Crippen molar-refractivity contribution < 1.29 is 4.42 Å². The molecule has 4 aromatic rings. The molecule has 0 saturated carbocycles. The SMILES string of the molecule is Cc1cc(-c2cc3ccccc3o2)nc2cnn(C)c12. The number of aryl methyl sites for hydroxylation is 2. The highest BCUT2D eigenvalue weighted by Gasteiger charge is 2.11. The fraction of sp³-hybridized carbons (Fsp3) is 0.125. The Morgan fingerprint density at radius 2 is 2.00 bits per heavy atom. The van der Waals surface area contributed by atoms with E-state index in [2.05, 4.69) is 17.0 Å². The van der Waals surface area contributed by atoms with Gasteiger partial charge in [0.2, 0.25) is 0 Å². The first kappa shape index (κ1) is 11.2. The highest BCUT2D eigenvalue weighted by Crippen LogP contribution is 2.29. The molecule has 0 bridgehead atoms. The number of nitrogens with zero attached hydrogens (tertiary/aromatic N) is 3. The van der Waals surface area contributed by atoms with Gasteiger partial charge >= 0.3 is 0 Å². The second-order valence-electron chi connectivity index (χ2n) is 4.97. The van der Waals surface area contributed by atoms with E-state index in [1.54, 1.807) is 6.20 Å². The third-order valence-corrected chi connectivity index (χ3v) is 3.57. The van der Waals surface area contributed by atoms with Crippen molar-refractivity contribution in [3.8, 4) is 11.5 Å². The molecule has 0 aliphatic rings. The number of pyridine rings is 1. The van der Waals surface area contributed by atoms with Crippen LogP contribution in [-0.4, -0.2) is 14.8 Å². The topological polar surface area (TPSA) is 43.9 Å². The molecule has 0 saturated heterocycles. The predicted octanol–water partition coefficient (Wildman–Crippen LogP) is 3.69. The van der Waals surface area contributed by atoms with E-state index in [9.17, 15) is 0 Å². The number of fused-ring (bicyclic) bond motifs is 2. The van der Waals surface area contributed by atoms with E-state index in [4.69, 9.17) is 4.42 Å². The maximum Gasteiger partial charge on any atom is 0.153 e. The minimum atomic E-state index is 0.792. The van der Waals surface area contributed by atoms with E-state index in [1.807, 2.05) is 48.1 Å². The van der Waals surface area contributed by atoms with E-state index in [1.165, 1.54) is 0 Å². The van der Waals surface area contributed by atoms with Crippen LogP contribution >= 0.6 is 0 Å². The number of benzene rings is 1. The second-order valence-corrected chi connectivity index (χ2v) is 4.97. The smallest absolute Gasteiger partial charge is 0.153 e. The first-order chi connectivity index (χ1) is 9.72. The summed E-state index contributed by atoms with van der Waals surface area (Å²) in [5, 5.41) is 5.35. The van der Waals surface area contributed by atoms with Crippen molar-refractivity contribution in [1.82, 2.24) is 14.8 Å². The molecule has 3 aromatic heterocycles. The number of para-hydroxylation sites is 1. The van der Waals surface area contributed by atoms with Crippen LogP contribution in [0.4, 0.5) is 0 Å². The minimum absolute atomic E-state index is 0.792. The molecule has 0 atom stereocenters. The van der Waals surface area contributed by atoms with Gasteiger partial charge in [-0.25, -0.2) is 4.98 Å². The Morgan fingerprint density at radius 1 is 1.15 bits per heavy atom. The highest BCUT2D eigenvalue weighted by atomic mass is 16.3. The van der Waals surface area contributed by atoms with Crippen LogP contribution in [0.2, 0.25) is 0 Å². The Kier molecular flexibility index (Phi) is 2.21. The van der Waals surface area contributed by atoms with Crippen molar-refractivity contribution >= 4 is 22.0 Å². The molecule has 0 radical (unpaired) electrons. The predicted molar refractivity (Wildman–Crippen MR) is 78.5 cm³/mol. The van der Waals surface area contributed by atoms with Crippen LogP contribution in [0.5, 0.6) is 0 Å². The van der Waals surface area contributed by atoms with E-state index in [0.29, 0.717) is 0 Å². The Balaban J connectivity index is 1.97. The summed E-state index contributed by atoms with van der Waals surface area (Å²) in [6.45, 7) is 2.07. The standard InChI is InChI=1S/C16H13N3O/c1-10-7-12(18-13-9-17-19(2)16(10)13)15-8-11-5-3-4-6-14(11)20-15/h3-9H,1-2H3. The van der Waals surface area contributed by atoms with Crippen molar-refractivity contribution in [2.45, 2.75) is 6.92 Å². The number of aromatic nitrogens is 3. The van der Waals surface area contributed by atoms with Crippen molar-refractivity contribution in [1.29, 1.82) is 0 Å². The van der Waals surface area contributed by atoms with E-state index < -0.39 is 0 Å². The van der Waals surface area contributed by atoms with Gasteiger partial charge < -0.3 is 4.42 Å². The molecular formula is C16H13N3O. The largest absolute Gasteiger partial charge is 0.454 e. The van der Waals surface area contributed by atoms with Crippen molar-refractivity contribution in [2.24, 2.45) is 7.05 Å². The number of furan rings is 1. The molecule has 4 nitrogen and oxygen atoms in total. The summed E-state index contributed by atoms with van der Waals surface area (Å²) < 4.78 is 7.72. The van der Waals surface area contributed by atoms with Crippen LogP contribution in [-0.2, 0) is 7.05 Å². The van der Waals surface area contributed by atoms with Crippen LogP contribution in [0.25, 0.3) is 33.5 Å². The Bertz CT molecular complexity index is 900. The van der Waals surface area contributed by atoms with Crippen molar-refractivity contribution in [3.63, 3.8) is 0 Å². The lowest BCUT2D eigenvalue weighted by Gasteiger charge is -2.02. The van der Waals surface area contributed by atoms with Gasteiger partial charge in [-0.1, -0.05) is 18.2 Å². The summed E-state index contributed by atoms with van der Waals surface area (Å²) in [5.41, 5.74) is 4.82. The molecule has 0 amide bonds. The molecule has 0 aliphatic carbocycles. The molecule has 4 heteroatoms. The van der Waals surface area contributed by atoms with Gasteiger partial charge in [0, 0.05) is 12.4 Å². The van der Waals surface area contributed by atoms with Gasteiger partial charge in [0.25, 0.3) is 0 Å². The van der Waals surface area contributed by atoms with Crippen molar-refractivity contribution in [2.75, 3.05) is 0 Å². The van der Waals surface area contributed by atoms with E-state index in [0.717, 1.165) is 39.0 Å². The average Bonchev–Trinajstić information content (AvgIpc) is 3.02. The first-order valence-electron chi connectivity index (χ1n) is 6.51. The van der Waals surface area contributed by atoms with Crippen molar-refractivity contribution in [3.05, 3.63) is 48.2 Å². The summed E-state index contributed by atoms with van der Waals surface area (Å²) in [6, 6.07) is 12.1. The number of hydrogen-bond acceptors (Lipinski definition) is 3. The van der Waals surface area contributed by atoms with Gasteiger partial charge in [-0.3, -0.25) is 4.68 Å². The average molecular weight is 263 g/mol. The lowest BCUT2D eigenvalue weighted by Crippen LogP contribution is -1.93. The van der Waals surface area contributed by atoms with Gasteiger partial charge in [0.15, 0.2) is 5.76 Å². The molecule has 98 valence electrons. The third-order valence-electron chi connectivity index (χ3n) is 3.57. The lowest BCUT2D eigenvalue weighted by atomic mass is 10.1. The Morgan fingerprint density at radius 3 is 2.85 bits per heavy atom. The summed E-state index contributed by atoms with van der Waals surface area (Å²) in [4.78, 5) is 4.65. The fourth-order valence-corrected chi connectivity index (χ4v) is 2.63. The van der Waals surface area contributed by atoms with Gasteiger partial charge in [-0.2, -0.15) is 5.10 Å². The quantitative estimate of drug-likeness (QED) is 0.526. The molecule has 3 heterocycles. The minimum Gasteiger partial charge on any atom is -0.454 e. The molecule has 0 fully saturated rings. The van der Waals surface area contributed by atoms with Crippen LogP contribution in [0.15, 0.2) is 47.0 Å². The van der Waals surface area contributed by atoms with Crippen LogP contribution in [0.1, 0.15) is 5.56 Å². The maximum absolute atomic E-state index is 5.88. The summed E-state index contributed by atoms with van der Waals surface area (Å²) in [7, 11) is 1.93. The third kappa shape index (κ3) is 1.54. The molecule has 0 aliphatic heterocycles. The number of hydrogen-bond donors (Lipinski definition) is 0. The van der Waals surface area contributed by atoms with E-state index in [-0.39, 0.29) is 0 Å².